The van der Waals surface area contributed by atoms with E-state index < -0.39 is 37.3 Å². The summed E-state index contributed by atoms with van der Waals surface area (Å²) < 4.78 is 49.2. The van der Waals surface area contributed by atoms with Crippen molar-refractivity contribution in [2.45, 2.75) is 19.0 Å². The van der Waals surface area contributed by atoms with Crippen LogP contribution in [0.4, 0.5) is 23.2 Å². The summed E-state index contributed by atoms with van der Waals surface area (Å²) in [6, 6.07) is 3.53. The molecule has 1 aromatic rings. The quantitative estimate of drug-likeness (QED) is 0.663. The molecule has 0 bridgehead atoms. The Labute approximate surface area is 112 Å². The van der Waals surface area contributed by atoms with Crippen molar-refractivity contribution in [1.82, 2.24) is 0 Å². The minimum absolute atomic E-state index is 0.0207. The Balaban J connectivity index is 2.65. The lowest BCUT2D eigenvalue weighted by Crippen LogP contribution is -2.16. The van der Waals surface area contributed by atoms with Gasteiger partial charge in [-0.1, -0.05) is 11.8 Å². The Bertz CT molecular complexity index is 544. The van der Waals surface area contributed by atoms with E-state index in [1.165, 1.54) is 12.1 Å². The molecule has 7 heteroatoms. The first-order valence-electron chi connectivity index (χ1n) is 5.57. The van der Waals surface area contributed by atoms with Crippen LogP contribution >= 0.6 is 0 Å². The van der Waals surface area contributed by atoms with Gasteiger partial charge in [0.2, 0.25) is 5.91 Å². The van der Waals surface area contributed by atoms with Crippen LogP contribution in [0.15, 0.2) is 18.2 Å². The first-order chi connectivity index (χ1) is 9.31. The molecule has 0 aliphatic heterocycles. The van der Waals surface area contributed by atoms with Gasteiger partial charge in [0.05, 0.1) is 12.0 Å². The summed E-state index contributed by atoms with van der Waals surface area (Å²) in [6.45, 7) is -0.421. The van der Waals surface area contributed by atoms with E-state index in [1.807, 2.05) is 0 Å². The third-order valence-electron chi connectivity index (χ3n) is 2.19. The van der Waals surface area contributed by atoms with E-state index in [2.05, 4.69) is 17.2 Å². The molecule has 2 N–H and O–H groups in total. The smallest absolute Gasteiger partial charge is 0.384 e. The summed E-state index contributed by atoms with van der Waals surface area (Å²) in [5.74, 6) is 3.02. The summed E-state index contributed by atoms with van der Waals surface area (Å²) in [4.78, 5) is 11.2. The number of nitrogens with one attached hydrogen (secondary N) is 1. The third-order valence-corrected chi connectivity index (χ3v) is 2.19. The van der Waals surface area contributed by atoms with E-state index in [9.17, 15) is 22.4 Å². The molecule has 0 unspecified atom stereocenters. The van der Waals surface area contributed by atoms with Crippen LogP contribution in [-0.2, 0) is 4.79 Å². The molecule has 3 nitrogen and oxygen atoms in total. The van der Waals surface area contributed by atoms with E-state index in [1.54, 1.807) is 0 Å². The van der Waals surface area contributed by atoms with Gasteiger partial charge in [-0.2, -0.15) is 13.2 Å². The molecule has 0 spiro atoms. The maximum Gasteiger partial charge on any atom is 0.389 e. The van der Waals surface area contributed by atoms with Crippen LogP contribution < -0.4 is 5.32 Å². The molecule has 0 aromatic heterocycles. The fourth-order valence-electron chi connectivity index (χ4n) is 1.31. The van der Waals surface area contributed by atoms with Crippen molar-refractivity contribution in [3.05, 3.63) is 29.6 Å². The van der Waals surface area contributed by atoms with Gasteiger partial charge < -0.3 is 10.4 Å². The second-order valence-electron chi connectivity index (χ2n) is 3.82. The molecule has 1 aromatic carbocycles. The second-order valence-corrected chi connectivity index (χ2v) is 3.82. The third kappa shape index (κ3) is 5.71. The predicted octanol–water partition coefficient (Wildman–Crippen LogP) is 2.45. The van der Waals surface area contributed by atoms with Crippen molar-refractivity contribution in [2.24, 2.45) is 0 Å². The number of anilines is 1. The zero-order chi connectivity index (χ0) is 15.2. The molecular weight excluding hydrogens is 278 g/mol. The highest BCUT2D eigenvalue weighted by atomic mass is 19.4. The van der Waals surface area contributed by atoms with Crippen molar-refractivity contribution < 1.29 is 27.5 Å². The summed E-state index contributed by atoms with van der Waals surface area (Å²) in [5, 5.41) is 10.6. The summed E-state index contributed by atoms with van der Waals surface area (Å²) >= 11 is 0. The lowest BCUT2D eigenvalue weighted by atomic mass is 10.2. The van der Waals surface area contributed by atoms with Crippen LogP contribution in [-0.4, -0.2) is 23.8 Å². The molecule has 1 amide bonds. The van der Waals surface area contributed by atoms with Crippen LogP contribution in [0.2, 0.25) is 0 Å². The van der Waals surface area contributed by atoms with E-state index in [0.29, 0.717) is 0 Å². The van der Waals surface area contributed by atoms with Crippen LogP contribution in [0, 0.1) is 17.7 Å². The normalized spacial score (nSPS) is 10.7. The number of hydrogen-bond donors (Lipinski definition) is 2. The highest BCUT2D eigenvalue weighted by Gasteiger charge is 2.27. The van der Waals surface area contributed by atoms with Gasteiger partial charge in [-0.3, -0.25) is 4.79 Å². The molecular formula is C13H11F4NO2. The number of amides is 1. The Morgan fingerprint density at radius 3 is 2.60 bits per heavy atom. The van der Waals surface area contributed by atoms with Crippen molar-refractivity contribution in [3.8, 4) is 11.8 Å². The number of alkyl halides is 3. The van der Waals surface area contributed by atoms with E-state index in [0.717, 1.165) is 6.07 Å². The lowest BCUT2D eigenvalue weighted by Gasteiger charge is -2.08. The fourth-order valence-corrected chi connectivity index (χ4v) is 1.31. The molecule has 0 aliphatic carbocycles. The zero-order valence-electron chi connectivity index (χ0n) is 10.2. The topological polar surface area (TPSA) is 49.3 Å². The minimum Gasteiger partial charge on any atom is -0.384 e. The summed E-state index contributed by atoms with van der Waals surface area (Å²) in [6.07, 6.45) is -6.37. The SMILES string of the molecule is O=C(CCC(F)(F)F)Nc1ccc(C#CCO)c(F)c1. The second kappa shape index (κ2) is 6.91. The molecule has 1 rings (SSSR count). The molecule has 0 atom stereocenters. The predicted molar refractivity (Wildman–Crippen MR) is 64.3 cm³/mol. The number of halogens is 4. The van der Waals surface area contributed by atoms with E-state index in [-0.39, 0.29) is 11.3 Å². The number of carbonyl (C=O) groups is 1. The Kier molecular flexibility index (Phi) is 5.53. The largest absolute Gasteiger partial charge is 0.389 e. The van der Waals surface area contributed by atoms with Crippen LogP contribution in [0.25, 0.3) is 0 Å². The van der Waals surface area contributed by atoms with Crippen molar-refractivity contribution in [3.63, 3.8) is 0 Å². The van der Waals surface area contributed by atoms with E-state index >= 15 is 0 Å². The maximum absolute atomic E-state index is 13.5. The van der Waals surface area contributed by atoms with Gasteiger partial charge in [0, 0.05) is 12.1 Å². The first kappa shape index (κ1) is 16.0. The molecule has 0 radical (unpaired) electrons. The van der Waals surface area contributed by atoms with Gasteiger partial charge in [0.1, 0.15) is 12.4 Å². The molecule has 0 heterocycles. The average molecular weight is 289 g/mol. The number of aliphatic hydroxyl groups excluding tert-OH is 1. The van der Waals surface area contributed by atoms with Crippen molar-refractivity contribution >= 4 is 11.6 Å². The number of aliphatic hydroxyl groups is 1. The number of rotatable bonds is 3. The lowest BCUT2D eigenvalue weighted by molar-refractivity contribution is -0.142. The van der Waals surface area contributed by atoms with Gasteiger partial charge in [-0.15, -0.1) is 0 Å². The minimum atomic E-state index is -4.41. The average Bonchev–Trinajstić information content (AvgIpc) is 2.35. The zero-order valence-corrected chi connectivity index (χ0v) is 10.2. The standard InChI is InChI=1S/C13H11F4NO2/c14-11-8-10(4-3-9(11)2-1-7-19)18-12(20)5-6-13(15,16)17/h3-4,8,19H,5-7H2,(H,18,20). The van der Waals surface area contributed by atoms with Gasteiger partial charge in [-0.25, -0.2) is 4.39 Å². The fraction of sp³-hybridized carbons (Fsp3) is 0.308. The molecule has 0 aliphatic rings. The molecule has 0 saturated heterocycles. The van der Waals surface area contributed by atoms with Crippen molar-refractivity contribution in [2.75, 3.05) is 11.9 Å². The van der Waals surface area contributed by atoms with Gasteiger partial charge in [-0.05, 0) is 18.2 Å². The van der Waals surface area contributed by atoms with Crippen LogP contribution in [0.3, 0.4) is 0 Å². The van der Waals surface area contributed by atoms with Gasteiger partial charge >= 0.3 is 6.18 Å². The van der Waals surface area contributed by atoms with Gasteiger partial charge in [0.25, 0.3) is 0 Å². The summed E-state index contributed by atoms with van der Waals surface area (Å²) in [7, 11) is 0. The Morgan fingerprint density at radius 2 is 2.05 bits per heavy atom. The number of carbonyl (C=O) groups excluding carboxylic acids is 1. The Hall–Kier alpha value is -2.07. The van der Waals surface area contributed by atoms with Crippen molar-refractivity contribution in [1.29, 1.82) is 0 Å². The molecule has 20 heavy (non-hydrogen) atoms. The highest BCUT2D eigenvalue weighted by molar-refractivity contribution is 5.90. The van der Waals surface area contributed by atoms with E-state index in [4.69, 9.17) is 5.11 Å². The van der Waals surface area contributed by atoms with Crippen LogP contribution in [0.1, 0.15) is 18.4 Å². The number of benzene rings is 1. The molecule has 0 saturated carbocycles. The summed E-state index contributed by atoms with van der Waals surface area (Å²) in [5.41, 5.74) is 0.0663. The number of hydrogen-bond acceptors (Lipinski definition) is 2. The highest BCUT2D eigenvalue weighted by Crippen LogP contribution is 2.22. The van der Waals surface area contributed by atoms with Gasteiger partial charge in [0.15, 0.2) is 0 Å². The molecule has 0 fully saturated rings. The monoisotopic (exact) mass is 289 g/mol. The maximum atomic E-state index is 13.5. The first-order valence-corrected chi connectivity index (χ1v) is 5.57. The molecule has 108 valence electrons. The van der Waals surface area contributed by atoms with Crippen LogP contribution in [0.5, 0.6) is 0 Å². The Morgan fingerprint density at radius 1 is 1.35 bits per heavy atom.